The fourth-order valence-corrected chi connectivity index (χ4v) is 5.49. The molecule has 0 saturated heterocycles. The van der Waals surface area contributed by atoms with Gasteiger partial charge in [-0.2, -0.15) is 4.39 Å². The molecule has 190 valence electrons. The number of ketones is 1. The Morgan fingerprint density at radius 3 is 2.53 bits per heavy atom. The summed E-state index contributed by atoms with van der Waals surface area (Å²) in [6.45, 7) is 0.198. The van der Waals surface area contributed by atoms with Gasteiger partial charge in [-0.25, -0.2) is 4.39 Å². The van der Waals surface area contributed by atoms with Crippen LogP contribution in [-0.4, -0.2) is 35.4 Å². The Bertz CT molecular complexity index is 1300. The lowest BCUT2D eigenvalue weighted by atomic mass is 9.87. The monoisotopic (exact) mass is 535 g/mol. The van der Waals surface area contributed by atoms with E-state index in [9.17, 15) is 23.2 Å². The third kappa shape index (κ3) is 6.02. The number of thiophene rings is 1. The summed E-state index contributed by atoms with van der Waals surface area (Å²) in [7, 11) is 0. The molecule has 0 spiro atoms. The van der Waals surface area contributed by atoms with Crippen LogP contribution in [0.25, 0.3) is 10.1 Å². The minimum atomic E-state index is -1.27. The van der Waals surface area contributed by atoms with E-state index in [4.69, 9.17) is 21.4 Å². The van der Waals surface area contributed by atoms with Crippen molar-refractivity contribution >= 4 is 50.7 Å². The van der Waals surface area contributed by atoms with E-state index >= 15 is 0 Å². The fraction of sp³-hybridized carbons (Fsp3) is 0.346. The van der Waals surface area contributed by atoms with Crippen molar-refractivity contribution in [2.45, 2.75) is 44.6 Å². The van der Waals surface area contributed by atoms with Crippen molar-refractivity contribution in [2.75, 3.05) is 6.54 Å². The van der Waals surface area contributed by atoms with Crippen LogP contribution in [0, 0.1) is 17.6 Å². The molecule has 10 heteroatoms. The molecule has 1 aliphatic rings. The number of benzene rings is 2. The normalized spacial score (nSPS) is 17.6. The van der Waals surface area contributed by atoms with E-state index in [1.165, 1.54) is 23.5 Å². The molecule has 6 nitrogen and oxygen atoms in total. The van der Waals surface area contributed by atoms with Gasteiger partial charge >= 0.3 is 5.97 Å². The lowest BCUT2D eigenvalue weighted by molar-refractivity contribution is -0.143. The minimum Gasteiger partial charge on any atom is -0.487 e. The highest BCUT2D eigenvalue weighted by Gasteiger charge is 2.28. The zero-order valence-corrected chi connectivity index (χ0v) is 20.8. The summed E-state index contributed by atoms with van der Waals surface area (Å²) < 4.78 is 35.6. The van der Waals surface area contributed by atoms with Gasteiger partial charge in [0.05, 0.1) is 22.5 Å². The highest BCUT2D eigenvalue weighted by molar-refractivity contribution is 7.20. The van der Waals surface area contributed by atoms with Crippen LogP contribution < -0.4 is 10.1 Å². The number of rotatable bonds is 9. The number of halogens is 3. The molecule has 0 unspecified atom stereocenters. The maximum Gasteiger partial charge on any atom is 0.306 e. The van der Waals surface area contributed by atoms with Crippen molar-refractivity contribution in [1.29, 1.82) is 0 Å². The summed E-state index contributed by atoms with van der Waals surface area (Å²) in [5.41, 5.74) is -0.373. The number of Topliss-reactive ketones (excluding diaryl/α,β-unsaturated/α-hetero) is 1. The number of carbonyl (C=O) groups excluding carboxylic acids is 2. The number of ether oxygens (including phenoxy) is 1. The largest absolute Gasteiger partial charge is 0.487 e. The van der Waals surface area contributed by atoms with E-state index in [1.807, 2.05) is 6.07 Å². The molecule has 1 heterocycles. The van der Waals surface area contributed by atoms with E-state index in [2.05, 4.69) is 5.32 Å². The quantitative estimate of drug-likeness (QED) is 0.250. The average molecular weight is 536 g/mol. The topological polar surface area (TPSA) is 92.7 Å². The first-order valence-corrected chi connectivity index (χ1v) is 12.8. The lowest BCUT2D eigenvalue weighted by Gasteiger charge is -2.27. The average Bonchev–Trinajstić information content (AvgIpc) is 3.28. The van der Waals surface area contributed by atoms with Crippen LogP contribution in [0.1, 0.15) is 58.6 Å². The number of amides is 1. The Morgan fingerprint density at radius 2 is 1.81 bits per heavy atom. The van der Waals surface area contributed by atoms with E-state index in [0.29, 0.717) is 35.6 Å². The molecule has 2 N–H and O–H groups in total. The van der Waals surface area contributed by atoms with Crippen molar-refractivity contribution in [3.05, 3.63) is 63.5 Å². The maximum atomic E-state index is 14.6. The van der Waals surface area contributed by atoms with Gasteiger partial charge in [0.2, 0.25) is 5.82 Å². The van der Waals surface area contributed by atoms with Crippen molar-refractivity contribution in [1.82, 2.24) is 5.32 Å². The molecule has 4 rings (SSSR count). The van der Waals surface area contributed by atoms with Crippen LogP contribution in [0.3, 0.4) is 0 Å². The smallest absolute Gasteiger partial charge is 0.306 e. The first-order chi connectivity index (χ1) is 17.2. The molecule has 1 aliphatic carbocycles. The molecule has 0 atom stereocenters. The van der Waals surface area contributed by atoms with Crippen molar-refractivity contribution < 1.29 is 33.0 Å². The standard InChI is InChI=1S/C26H24ClF2NO5S/c27-16-6-3-15-12-22(36-21(15)13-16)25(32)30-11-1-2-19(31)18-9-10-20(24(29)23(18)28)35-17-7-4-14(5-8-17)26(33)34/h3,6,9-10,12-14,17H,1-2,4-5,7-8,11H2,(H,30,32)(H,33,34). The molecular weight excluding hydrogens is 512 g/mol. The Labute approximate surface area is 215 Å². The van der Waals surface area contributed by atoms with E-state index in [-0.39, 0.29) is 36.6 Å². The van der Waals surface area contributed by atoms with Gasteiger partial charge < -0.3 is 15.2 Å². The van der Waals surface area contributed by atoms with Gasteiger partial charge in [0.1, 0.15) is 0 Å². The fourth-order valence-electron chi connectivity index (χ4n) is 4.23. The van der Waals surface area contributed by atoms with E-state index in [0.717, 1.165) is 10.1 Å². The summed E-state index contributed by atoms with van der Waals surface area (Å²) in [5, 5.41) is 13.3. The van der Waals surface area contributed by atoms with Gasteiger partial charge in [0.15, 0.2) is 17.3 Å². The van der Waals surface area contributed by atoms with Crippen LogP contribution in [-0.2, 0) is 4.79 Å². The van der Waals surface area contributed by atoms with Crippen molar-refractivity contribution in [3.63, 3.8) is 0 Å². The van der Waals surface area contributed by atoms with Gasteiger partial charge in [0, 0.05) is 22.7 Å². The second kappa shape index (κ2) is 11.3. The molecule has 0 radical (unpaired) electrons. The molecule has 3 aromatic rings. The molecule has 1 fully saturated rings. The number of carboxylic acids is 1. The number of hydrogen-bond acceptors (Lipinski definition) is 5. The predicted molar refractivity (Wildman–Crippen MR) is 133 cm³/mol. The zero-order chi connectivity index (χ0) is 25.8. The SMILES string of the molecule is O=C(NCCCC(=O)c1ccc(OC2CCC(C(=O)O)CC2)c(F)c1F)c1cc2ccc(Cl)cc2s1. The Balaban J connectivity index is 1.27. The third-order valence-electron chi connectivity index (χ3n) is 6.24. The lowest BCUT2D eigenvalue weighted by Crippen LogP contribution is -2.28. The molecule has 0 bridgehead atoms. The van der Waals surface area contributed by atoms with Gasteiger partial charge in [-0.15, -0.1) is 11.3 Å². The van der Waals surface area contributed by atoms with Crippen LogP contribution in [0.2, 0.25) is 5.02 Å². The second-order valence-corrected chi connectivity index (χ2v) is 10.3. The molecule has 1 aromatic heterocycles. The number of aliphatic carboxylic acids is 1. The molecule has 2 aromatic carbocycles. The van der Waals surface area contributed by atoms with Crippen LogP contribution in [0.4, 0.5) is 8.78 Å². The summed E-state index contributed by atoms with van der Waals surface area (Å²) >= 11 is 7.28. The summed E-state index contributed by atoms with van der Waals surface area (Å²) in [6, 6.07) is 9.54. The van der Waals surface area contributed by atoms with Gasteiger partial charge in [-0.05, 0) is 67.8 Å². The van der Waals surface area contributed by atoms with Gasteiger partial charge in [-0.1, -0.05) is 17.7 Å². The number of carbonyl (C=O) groups is 3. The molecule has 1 saturated carbocycles. The number of fused-ring (bicyclic) bond motifs is 1. The second-order valence-electron chi connectivity index (χ2n) is 8.74. The highest BCUT2D eigenvalue weighted by atomic mass is 35.5. The molecule has 0 aliphatic heterocycles. The summed E-state index contributed by atoms with van der Waals surface area (Å²) in [6.07, 6.45) is 1.46. The number of carboxylic acid groups (broad SMARTS) is 1. The van der Waals surface area contributed by atoms with Crippen molar-refractivity contribution in [3.8, 4) is 5.75 Å². The van der Waals surface area contributed by atoms with Gasteiger partial charge in [-0.3, -0.25) is 14.4 Å². The first kappa shape index (κ1) is 26.0. The summed E-state index contributed by atoms with van der Waals surface area (Å²) in [4.78, 5) is 36.4. The van der Waals surface area contributed by atoms with Crippen LogP contribution in [0.15, 0.2) is 36.4 Å². The minimum absolute atomic E-state index is 0.0714. The van der Waals surface area contributed by atoms with E-state index in [1.54, 1.807) is 18.2 Å². The Kier molecular flexibility index (Phi) is 8.21. The first-order valence-electron chi connectivity index (χ1n) is 11.6. The number of nitrogens with one attached hydrogen (secondary N) is 1. The third-order valence-corrected chi connectivity index (χ3v) is 7.57. The Morgan fingerprint density at radius 1 is 1.06 bits per heavy atom. The maximum absolute atomic E-state index is 14.6. The van der Waals surface area contributed by atoms with Crippen LogP contribution >= 0.6 is 22.9 Å². The van der Waals surface area contributed by atoms with Crippen molar-refractivity contribution in [2.24, 2.45) is 5.92 Å². The zero-order valence-electron chi connectivity index (χ0n) is 19.2. The summed E-state index contributed by atoms with van der Waals surface area (Å²) in [5.74, 6) is -4.97. The highest BCUT2D eigenvalue weighted by Crippen LogP contribution is 2.31. The number of hydrogen-bond donors (Lipinski definition) is 2. The Hall–Kier alpha value is -3.04. The van der Waals surface area contributed by atoms with Gasteiger partial charge in [0.25, 0.3) is 5.91 Å². The van der Waals surface area contributed by atoms with E-state index < -0.39 is 35.4 Å². The molecular formula is C26H24ClF2NO5S. The molecule has 1 amide bonds. The molecule has 36 heavy (non-hydrogen) atoms. The predicted octanol–water partition coefficient (Wildman–Crippen LogP) is 6.25. The van der Waals surface area contributed by atoms with Crippen LogP contribution in [0.5, 0.6) is 5.75 Å².